The van der Waals surface area contributed by atoms with E-state index in [-0.39, 0.29) is 17.7 Å². The van der Waals surface area contributed by atoms with Gasteiger partial charge in [-0.25, -0.2) is 9.18 Å². The fourth-order valence-corrected chi connectivity index (χ4v) is 4.23. The highest BCUT2D eigenvalue weighted by atomic mass is 19.1. The largest absolute Gasteiger partial charge is 0.497 e. The number of hydrogen-bond donors (Lipinski definition) is 1. The first-order valence-corrected chi connectivity index (χ1v) is 11.2. The molecule has 1 unspecified atom stereocenters. The maximum absolute atomic E-state index is 13.8. The summed E-state index contributed by atoms with van der Waals surface area (Å²) in [7, 11) is 3.08. The summed E-state index contributed by atoms with van der Waals surface area (Å²) < 4.78 is 30.2. The van der Waals surface area contributed by atoms with Crippen LogP contribution in [-0.2, 0) is 0 Å². The van der Waals surface area contributed by atoms with Crippen molar-refractivity contribution in [3.05, 3.63) is 95.8 Å². The lowest BCUT2D eigenvalue weighted by molar-refractivity contribution is 0.244. The number of urea groups is 1. The van der Waals surface area contributed by atoms with Gasteiger partial charge in [0.2, 0.25) is 5.82 Å². The van der Waals surface area contributed by atoms with Gasteiger partial charge in [-0.3, -0.25) is 4.90 Å². The molecule has 0 saturated heterocycles. The van der Waals surface area contributed by atoms with Gasteiger partial charge in [0.05, 0.1) is 31.5 Å². The third-order valence-electron chi connectivity index (χ3n) is 5.95. The smallest absolute Gasteiger partial charge is 0.327 e. The number of allylic oxidation sites excluding steroid dienone is 1. The molecule has 4 aromatic rings. The van der Waals surface area contributed by atoms with E-state index in [9.17, 15) is 9.18 Å². The van der Waals surface area contributed by atoms with E-state index in [1.165, 1.54) is 17.0 Å². The van der Waals surface area contributed by atoms with Crippen molar-refractivity contribution in [2.24, 2.45) is 0 Å². The minimum absolute atomic E-state index is 0.209. The van der Waals surface area contributed by atoms with Gasteiger partial charge >= 0.3 is 6.03 Å². The number of hydrogen-bond acceptors (Lipinski definition) is 6. The van der Waals surface area contributed by atoms with E-state index >= 15 is 0 Å². The van der Waals surface area contributed by atoms with Crippen LogP contribution in [0.4, 0.5) is 14.9 Å². The second-order valence-corrected chi connectivity index (χ2v) is 8.13. The van der Waals surface area contributed by atoms with Crippen LogP contribution in [-0.4, -0.2) is 30.4 Å². The predicted octanol–water partition coefficient (Wildman–Crippen LogP) is 5.60. The number of carbonyl (C=O) groups excluding carboxylic acids is 1. The van der Waals surface area contributed by atoms with Crippen LogP contribution in [0.1, 0.15) is 24.4 Å². The standard InChI is InChI=1S/C27H23FN4O4/c1-16-23(26-30-25(31-36-26)18-10-7-11-19(28)12-18)24(17-8-5-4-6-9-17)29-27(33)32(16)20-13-21(34-2)15-22(14-20)35-3/h4-15,24H,1-3H3,(H,29,33). The van der Waals surface area contributed by atoms with Gasteiger partial charge in [0.25, 0.3) is 5.89 Å². The Kier molecular flexibility index (Phi) is 6.12. The molecule has 1 aliphatic rings. The van der Waals surface area contributed by atoms with Crippen molar-refractivity contribution >= 4 is 17.3 Å². The van der Waals surface area contributed by atoms with Gasteiger partial charge in [-0.15, -0.1) is 0 Å². The summed E-state index contributed by atoms with van der Waals surface area (Å²) in [5.74, 6) is 1.11. The number of amides is 2. The molecular formula is C27H23FN4O4. The molecular weight excluding hydrogens is 463 g/mol. The van der Waals surface area contributed by atoms with Crippen molar-refractivity contribution in [2.75, 3.05) is 19.1 Å². The summed E-state index contributed by atoms with van der Waals surface area (Å²) in [6.45, 7) is 1.81. The Morgan fingerprint density at radius 1 is 0.972 bits per heavy atom. The van der Waals surface area contributed by atoms with Crippen LogP contribution in [0.15, 0.2) is 83.0 Å². The summed E-state index contributed by atoms with van der Waals surface area (Å²) in [4.78, 5) is 19.5. The zero-order valence-electron chi connectivity index (χ0n) is 19.9. The number of methoxy groups -OCH3 is 2. The zero-order chi connectivity index (χ0) is 25.2. The first kappa shape index (κ1) is 23.1. The molecule has 36 heavy (non-hydrogen) atoms. The zero-order valence-corrected chi connectivity index (χ0v) is 19.9. The summed E-state index contributed by atoms with van der Waals surface area (Å²) in [5.41, 5.74) is 3.05. The fraction of sp³-hybridized carbons (Fsp3) is 0.148. The molecule has 9 heteroatoms. The van der Waals surface area contributed by atoms with Crippen LogP contribution in [0.5, 0.6) is 11.5 Å². The lowest BCUT2D eigenvalue weighted by Gasteiger charge is -2.35. The maximum atomic E-state index is 13.8. The Labute approximate surface area is 207 Å². The van der Waals surface area contributed by atoms with E-state index in [4.69, 9.17) is 14.0 Å². The minimum Gasteiger partial charge on any atom is -0.497 e. The normalized spacial score (nSPS) is 15.6. The van der Waals surface area contributed by atoms with E-state index in [0.29, 0.717) is 34.0 Å². The number of rotatable bonds is 6. The Hall–Kier alpha value is -4.66. The van der Waals surface area contributed by atoms with Crippen molar-refractivity contribution in [3.63, 3.8) is 0 Å². The molecule has 0 bridgehead atoms. The molecule has 0 saturated carbocycles. The summed E-state index contributed by atoms with van der Waals surface area (Å²) in [6.07, 6.45) is 0. The topological polar surface area (TPSA) is 89.7 Å². The maximum Gasteiger partial charge on any atom is 0.327 e. The molecule has 2 amide bonds. The van der Waals surface area contributed by atoms with Gasteiger partial charge in [-0.1, -0.05) is 47.6 Å². The first-order valence-electron chi connectivity index (χ1n) is 11.2. The number of benzene rings is 3. The molecule has 1 atom stereocenters. The van der Waals surface area contributed by atoms with Gasteiger partial charge < -0.3 is 19.3 Å². The second-order valence-electron chi connectivity index (χ2n) is 8.13. The fourth-order valence-electron chi connectivity index (χ4n) is 4.23. The number of carbonyl (C=O) groups is 1. The molecule has 0 fully saturated rings. The third-order valence-corrected chi connectivity index (χ3v) is 5.95. The molecule has 1 aromatic heterocycles. The molecule has 1 aliphatic heterocycles. The molecule has 1 N–H and O–H groups in total. The van der Waals surface area contributed by atoms with Crippen molar-refractivity contribution in [1.29, 1.82) is 0 Å². The molecule has 0 spiro atoms. The highest BCUT2D eigenvalue weighted by Gasteiger charge is 2.36. The van der Waals surface area contributed by atoms with Gasteiger partial charge in [0, 0.05) is 29.5 Å². The average Bonchev–Trinajstić information content (AvgIpc) is 3.38. The predicted molar refractivity (Wildman–Crippen MR) is 132 cm³/mol. The van der Waals surface area contributed by atoms with Gasteiger partial charge in [-0.2, -0.15) is 4.98 Å². The first-order chi connectivity index (χ1) is 17.5. The highest BCUT2D eigenvalue weighted by Crippen LogP contribution is 2.40. The molecule has 0 radical (unpaired) electrons. The monoisotopic (exact) mass is 486 g/mol. The number of aromatic nitrogens is 2. The van der Waals surface area contributed by atoms with Crippen molar-refractivity contribution in [3.8, 4) is 22.9 Å². The minimum atomic E-state index is -0.553. The molecule has 182 valence electrons. The summed E-state index contributed by atoms with van der Waals surface area (Å²) >= 11 is 0. The molecule has 3 aromatic carbocycles. The van der Waals surface area contributed by atoms with Crippen molar-refractivity contribution in [1.82, 2.24) is 15.5 Å². The summed E-state index contributed by atoms with van der Waals surface area (Å²) in [5, 5.41) is 7.13. The van der Waals surface area contributed by atoms with Gasteiger partial charge in [0.1, 0.15) is 17.3 Å². The van der Waals surface area contributed by atoms with E-state index in [0.717, 1.165) is 5.56 Å². The van der Waals surface area contributed by atoms with Crippen LogP contribution >= 0.6 is 0 Å². The molecule has 5 rings (SSSR count). The number of ether oxygens (including phenoxy) is 2. The molecule has 2 heterocycles. The number of nitrogens with one attached hydrogen (secondary N) is 1. The van der Waals surface area contributed by atoms with E-state index < -0.39 is 11.9 Å². The van der Waals surface area contributed by atoms with Crippen molar-refractivity contribution < 1.29 is 23.2 Å². The lowest BCUT2D eigenvalue weighted by Crippen LogP contribution is -2.46. The van der Waals surface area contributed by atoms with E-state index in [2.05, 4.69) is 15.5 Å². The van der Waals surface area contributed by atoms with Crippen LogP contribution in [0.25, 0.3) is 17.0 Å². The quantitative estimate of drug-likeness (QED) is 0.382. The van der Waals surface area contributed by atoms with Crippen LogP contribution in [0, 0.1) is 5.82 Å². The van der Waals surface area contributed by atoms with Crippen LogP contribution in [0.2, 0.25) is 0 Å². The van der Waals surface area contributed by atoms with Crippen molar-refractivity contribution in [2.45, 2.75) is 13.0 Å². The van der Waals surface area contributed by atoms with Crippen LogP contribution < -0.4 is 19.7 Å². The Morgan fingerprint density at radius 2 is 1.69 bits per heavy atom. The lowest BCUT2D eigenvalue weighted by atomic mass is 9.94. The highest BCUT2D eigenvalue weighted by molar-refractivity contribution is 6.01. The number of anilines is 1. The van der Waals surface area contributed by atoms with E-state index in [1.54, 1.807) is 44.6 Å². The SMILES string of the molecule is COc1cc(OC)cc(N2C(=O)NC(c3ccccc3)C(c3nc(-c4cccc(F)c4)no3)=C2C)c1. The van der Waals surface area contributed by atoms with Crippen LogP contribution in [0.3, 0.4) is 0 Å². The molecule has 0 aliphatic carbocycles. The molecule has 8 nitrogen and oxygen atoms in total. The van der Waals surface area contributed by atoms with Gasteiger partial charge in [-0.05, 0) is 24.6 Å². The van der Waals surface area contributed by atoms with Gasteiger partial charge in [0.15, 0.2) is 0 Å². The number of nitrogens with zero attached hydrogens (tertiary/aromatic N) is 3. The Balaban J connectivity index is 1.67. The Morgan fingerprint density at radius 3 is 2.36 bits per heavy atom. The average molecular weight is 487 g/mol. The second kappa shape index (κ2) is 9.53. The number of halogens is 1. The Bertz CT molecular complexity index is 1430. The van der Waals surface area contributed by atoms with E-state index in [1.807, 2.05) is 37.3 Å². The third kappa shape index (κ3) is 4.26. The summed E-state index contributed by atoms with van der Waals surface area (Å²) in [6, 6.07) is 19.8.